The molecule has 1 aliphatic heterocycles. The average Bonchev–Trinajstić information content (AvgIpc) is 2.67. The molecule has 0 saturated carbocycles. The minimum atomic E-state index is -0.742. The highest BCUT2D eigenvalue weighted by molar-refractivity contribution is 5.70. The fraction of sp³-hybridized carbons (Fsp3) is 0.500. The van der Waals surface area contributed by atoms with Crippen molar-refractivity contribution in [1.82, 2.24) is 4.90 Å². The molecule has 0 aromatic heterocycles. The molecule has 2 atom stereocenters. The molecular formula is C26H35NO4. The molecule has 0 bridgehead atoms. The number of esters is 1. The lowest BCUT2D eigenvalue weighted by molar-refractivity contribution is -0.296. The van der Waals surface area contributed by atoms with E-state index < -0.39 is 11.4 Å². The van der Waals surface area contributed by atoms with Gasteiger partial charge < -0.3 is 14.2 Å². The van der Waals surface area contributed by atoms with Crippen molar-refractivity contribution in [2.24, 2.45) is 0 Å². The summed E-state index contributed by atoms with van der Waals surface area (Å²) in [6.07, 6.45) is -0.138. The first-order valence-corrected chi connectivity index (χ1v) is 11.0. The molecule has 5 heteroatoms. The zero-order valence-electron chi connectivity index (χ0n) is 19.3. The summed E-state index contributed by atoms with van der Waals surface area (Å²) in [7, 11) is 0. The van der Waals surface area contributed by atoms with Gasteiger partial charge in [-0.25, -0.2) is 0 Å². The van der Waals surface area contributed by atoms with Crippen molar-refractivity contribution in [3.63, 3.8) is 0 Å². The number of hydrogen-bond donors (Lipinski definition) is 0. The Hall–Kier alpha value is -2.21. The molecule has 0 N–H and O–H groups in total. The van der Waals surface area contributed by atoms with Crippen LogP contribution in [0.5, 0.6) is 0 Å². The second kappa shape index (κ2) is 9.94. The molecular weight excluding hydrogens is 390 g/mol. The van der Waals surface area contributed by atoms with E-state index in [-0.39, 0.29) is 24.5 Å². The first kappa shape index (κ1) is 23.5. The standard InChI is InChI=1S/C26H35NO4/c1-25(2,3)31-24(28)16-23-22(19-29-26(4,5)30-23)27(17-20-12-8-6-9-13-20)18-21-14-10-7-11-15-21/h6-15,22-23H,16-19H2,1-5H3/t22-,23-/m0/s1. The van der Waals surface area contributed by atoms with Gasteiger partial charge in [0, 0.05) is 13.1 Å². The van der Waals surface area contributed by atoms with Gasteiger partial charge in [0.25, 0.3) is 0 Å². The number of nitrogens with zero attached hydrogens (tertiary/aromatic N) is 1. The molecule has 1 fully saturated rings. The van der Waals surface area contributed by atoms with E-state index in [9.17, 15) is 4.79 Å². The molecule has 0 radical (unpaired) electrons. The highest BCUT2D eigenvalue weighted by Gasteiger charge is 2.41. The van der Waals surface area contributed by atoms with E-state index in [1.807, 2.05) is 71.0 Å². The van der Waals surface area contributed by atoms with Crippen LogP contribution in [-0.4, -0.2) is 41.0 Å². The predicted octanol–water partition coefficient (Wildman–Crippen LogP) is 4.94. The number of carbonyl (C=O) groups is 1. The van der Waals surface area contributed by atoms with Gasteiger partial charge in [-0.05, 0) is 45.7 Å². The fourth-order valence-corrected chi connectivity index (χ4v) is 3.86. The van der Waals surface area contributed by atoms with Crippen molar-refractivity contribution in [3.8, 4) is 0 Å². The first-order chi connectivity index (χ1) is 14.6. The van der Waals surface area contributed by atoms with Gasteiger partial charge in [0.2, 0.25) is 0 Å². The fourth-order valence-electron chi connectivity index (χ4n) is 3.86. The highest BCUT2D eigenvalue weighted by Crippen LogP contribution is 2.30. The zero-order valence-corrected chi connectivity index (χ0v) is 19.3. The predicted molar refractivity (Wildman–Crippen MR) is 121 cm³/mol. The van der Waals surface area contributed by atoms with E-state index in [2.05, 4.69) is 29.2 Å². The van der Waals surface area contributed by atoms with E-state index in [1.54, 1.807) is 0 Å². The van der Waals surface area contributed by atoms with Crippen molar-refractivity contribution in [2.75, 3.05) is 6.61 Å². The van der Waals surface area contributed by atoms with Crippen LogP contribution in [-0.2, 0) is 32.1 Å². The Morgan fingerprint density at radius 3 is 2.00 bits per heavy atom. The molecule has 3 rings (SSSR count). The van der Waals surface area contributed by atoms with Gasteiger partial charge in [-0.15, -0.1) is 0 Å². The van der Waals surface area contributed by atoms with Crippen molar-refractivity contribution >= 4 is 5.97 Å². The van der Waals surface area contributed by atoms with E-state index in [0.29, 0.717) is 6.61 Å². The Bertz CT molecular complexity index is 788. The van der Waals surface area contributed by atoms with Crippen molar-refractivity contribution in [2.45, 2.75) is 77.7 Å². The third kappa shape index (κ3) is 7.46. The number of carbonyl (C=O) groups excluding carboxylic acids is 1. The van der Waals surface area contributed by atoms with Gasteiger partial charge in [0.15, 0.2) is 5.79 Å². The largest absolute Gasteiger partial charge is 0.460 e. The molecule has 1 saturated heterocycles. The molecule has 0 amide bonds. The summed E-state index contributed by atoms with van der Waals surface area (Å²) < 4.78 is 17.9. The minimum absolute atomic E-state index is 0.0824. The molecule has 1 heterocycles. The minimum Gasteiger partial charge on any atom is -0.460 e. The maximum absolute atomic E-state index is 12.7. The van der Waals surface area contributed by atoms with Crippen LogP contribution in [0.3, 0.4) is 0 Å². The van der Waals surface area contributed by atoms with Crippen LogP contribution in [0.1, 0.15) is 52.2 Å². The second-order valence-corrected chi connectivity index (χ2v) is 9.60. The first-order valence-electron chi connectivity index (χ1n) is 11.0. The average molecular weight is 426 g/mol. The molecule has 31 heavy (non-hydrogen) atoms. The Morgan fingerprint density at radius 2 is 1.52 bits per heavy atom. The lowest BCUT2D eigenvalue weighted by atomic mass is 10.0. The summed E-state index contributed by atoms with van der Waals surface area (Å²) in [4.78, 5) is 15.0. The summed E-state index contributed by atoms with van der Waals surface area (Å²) in [5, 5.41) is 0. The molecule has 0 spiro atoms. The van der Waals surface area contributed by atoms with Crippen LogP contribution in [0.25, 0.3) is 0 Å². The zero-order chi connectivity index (χ0) is 22.5. The van der Waals surface area contributed by atoms with E-state index in [4.69, 9.17) is 14.2 Å². The van der Waals surface area contributed by atoms with E-state index >= 15 is 0 Å². The Labute approximate surface area is 186 Å². The van der Waals surface area contributed by atoms with Crippen LogP contribution in [0, 0.1) is 0 Å². The molecule has 2 aromatic carbocycles. The van der Waals surface area contributed by atoms with Crippen LogP contribution < -0.4 is 0 Å². The van der Waals surface area contributed by atoms with E-state index in [1.165, 1.54) is 11.1 Å². The molecule has 168 valence electrons. The van der Waals surface area contributed by atoms with Crippen LogP contribution in [0.2, 0.25) is 0 Å². The Kier molecular flexibility index (Phi) is 7.52. The lowest BCUT2D eigenvalue weighted by Gasteiger charge is -2.45. The van der Waals surface area contributed by atoms with Crippen LogP contribution >= 0.6 is 0 Å². The summed E-state index contributed by atoms with van der Waals surface area (Å²) in [6, 6.07) is 20.6. The van der Waals surface area contributed by atoms with E-state index in [0.717, 1.165) is 13.1 Å². The number of hydrogen-bond acceptors (Lipinski definition) is 5. The van der Waals surface area contributed by atoms with Crippen LogP contribution in [0.4, 0.5) is 0 Å². The lowest BCUT2D eigenvalue weighted by Crippen LogP contribution is -2.56. The second-order valence-electron chi connectivity index (χ2n) is 9.60. The molecule has 5 nitrogen and oxygen atoms in total. The van der Waals surface area contributed by atoms with Crippen molar-refractivity contribution < 1.29 is 19.0 Å². The van der Waals surface area contributed by atoms with Gasteiger partial charge >= 0.3 is 5.97 Å². The third-order valence-corrected chi connectivity index (χ3v) is 5.18. The quantitative estimate of drug-likeness (QED) is 0.588. The van der Waals surface area contributed by atoms with Gasteiger partial charge in [-0.3, -0.25) is 9.69 Å². The van der Waals surface area contributed by atoms with Gasteiger partial charge in [-0.1, -0.05) is 60.7 Å². The summed E-state index contributed by atoms with van der Waals surface area (Å²) in [5.74, 6) is -0.992. The van der Waals surface area contributed by atoms with Crippen molar-refractivity contribution in [1.29, 1.82) is 0 Å². The topological polar surface area (TPSA) is 48.0 Å². The van der Waals surface area contributed by atoms with Crippen molar-refractivity contribution in [3.05, 3.63) is 71.8 Å². The Balaban J connectivity index is 1.84. The number of rotatable bonds is 7. The molecule has 1 aliphatic rings. The maximum Gasteiger partial charge on any atom is 0.309 e. The summed E-state index contributed by atoms with van der Waals surface area (Å²) >= 11 is 0. The molecule has 0 aliphatic carbocycles. The van der Waals surface area contributed by atoms with Crippen LogP contribution in [0.15, 0.2) is 60.7 Å². The summed E-state index contributed by atoms with van der Waals surface area (Å²) in [6.45, 7) is 11.4. The third-order valence-electron chi connectivity index (χ3n) is 5.18. The number of benzene rings is 2. The summed E-state index contributed by atoms with van der Waals surface area (Å²) in [5.41, 5.74) is 1.89. The number of ether oxygens (including phenoxy) is 3. The molecule has 2 aromatic rings. The molecule has 0 unspecified atom stereocenters. The van der Waals surface area contributed by atoms with Gasteiger partial charge in [0.05, 0.1) is 25.2 Å². The Morgan fingerprint density at radius 1 is 1.00 bits per heavy atom. The normalized spacial score (nSPS) is 21.1. The highest BCUT2D eigenvalue weighted by atomic mass is 16.7. The van der Waals surface area contributed by atoms with Gasteiger partial charge in [0.1, 0.15) is 5.60 Å². The maximum atomic E-state index is 12.7. The SMILES string of the molecule is CC(C)(C)OC(=O)C[C@@H]1OC(C)(C)OC[C@@H]1N(Cc1ccccc1)Cc1ccccc1. The monoisotopic (exact) mass is 425 g/mol. The van der Waals surface area contributed by atoms with Gasteiger partial charge in [-0.2, -0.15) is 0 Å². The smallest absolute Gasteiger partial charge is 0.309 e.